The zero-order valence-corrected chi connectivity index (χ0v) is 12.9. The standard InChI is InChI=1S/C14H18ClNO2S/c1-11-4-6-12(7-5-11)19(17,18)16-9-8-14(2,3)13(15)10-16/h4-7,10H,8-9H2,1-3H3. The molecular formula is C14H18ClNO2S. The van der Waals surface area contributed by atoms with E-state index in [1.165, 1.54) is 4.31 Å². The normalized spacial score (nSPS) is 19.2. The maximum absolute atomic E-state index is 12.5. The molecule has 0 radical (unpaired) electrons. The summed E-state index contributed by atoms with van der Waals surface area (Å²) in [6.45, 7) is 6.42. The molecule has 104 valence electrons. The van der Waals surface area contributed by atoms with Crippen LogP contribution in [0.1, 0.15) is 25.8 Å². The number of benzene rings is 1. The highest BCUT2D eigenvalue weighted by atomic mass is 35.5. The van der Waals surface area contributed by atoms with Crippen LogP contribution in [0.15, 0.2) is 40.4 Å². The molecule has 0 amide bonds. The minimum absolute atomic E-state index is 0.152. The van der Waals surface area contributed by atoms with Crippen LogP contribution in [0.4, 0.5) is 0 Å². The van der Waals surface area contributed by atoms with Crippen LogP contribution in [0.3, 0.4) is 0 Å². The van der Waals surface area contributed by atoms with Gasteiger partial charge >= 0.3 is 0 Å². The number of rotatable bonds is 2. The minimum atomic E-state index is -3.49. The molecule has 0 fully saturated rings. The first-order chi connectivity index (χ1) is 8.73. The van der Waals surface area contributed by atoms with Gasteiger partial charge in [0.15, 0.2) is 0 Å². The van der Waals surface area contributed by atoms with Crippen molar-refractivity contribution in [2.24, 2.45) is 5.41 Å². The second kappa shape index (κ2) is 4.84. The van der Waals surface area contributed by atoms with Crippen molar-refractivity contribution >= 4 is 21.6 Å². The molecule has 0 spiro atoms. The summed E-state index contributed by atoms with van der Waals surface area (Å²) >= 11 is 6.18. The van der Waals surface area contributed by atoms with Gasteiger partial charge in [0.25, 0.3) is 10.0 Å². The average molecular weight is 300 g/mol. The first-order valence-electron chi connectivity index (χ1n) is 6.20. The Balaban J connectivity index is 2.37. The number of halogens is 1. The topological polar surface area (TPSA) is 37.4 Å². The smallest absolute Gasteiger partial charge is 0.263 e. The van der Waals surface area contributed by atoms with Crippen molar-refractivity contribution in [2.75, 3.05) is 6.54 Å². The predicted molar refractivity (Wildman–Crippen MR) is 77.4 cm³/mol. The van der Waals surface area contributed by atoms with Crippen LogP contribution in [0.5, 0.6) is 0 Å². The minimum Gasteiger partial charge on any atom is -0.272 e. The lowest BCUT2D eigenvalue weighted by molar-refractivity contribution is 0.343. The fourth-order valence-corrected chi connectivity index (χ4v) is 3.51. The molecule has 3 nitrogen and oxygen atoms in total. The van der Waals surface area contributed by atoms with Crippen LogP contribution in [-0.2, 0) is 10.0 Å². The van der Waals surface area contributed by atoms with E-state index in [1.807, 2.05) is 20.8 Å². The summed E-state index contributed by atoms with van der Waals surface area (Å²) < 4.78 is 26.3. The molecule has 1 aromatic carbocycles. The summed E-state index contributed by atoms with van der Waals surface area (Å²) in [5, 5.41) is 0.578. The molecule has 5 heteroatoms. The first-order valence-corrected chi connectivity index (χ1v) is 8.02. The van der Waals surface area contributed by atoms with Gasteiger partial charge in [0.1, 0.15) is 0 Å². The van der Waals surface area contributed by atoms with E-state index < -0.39 is 10.0 Å². The highest BCUT2D eigenvalue weighted by Gasteiger charge is 2.32. The highest BCUT2D eigenvalue weighted by molar-refractivity contribution is 7.89. The molecule has 2 rings (SSSR count). The Bertz CT molecular complexity index is 603. The van der Waals surface area contributed by atoms with Crippen LogP contribution in [0.2, 0.25) is 0 Å². The lowest BCUT2D eigenvalue weighted by Crippen LogP contribution is -2.34. The SMILES string of the molecule is Cc1ccc(S(=O)(=O)N2C=C(Cl)C(C)(C)CC2)cc1. The Morgan fingerprint density at radius 1 is 1.21 bits per heavy atom. The molecule has 0 atom stereocenters. The van der Waals surface area contributed by atoms with Crippen LogP contribution < -0.4 is 0 Å². The van der Waals surface area contributed by atoms with Gasteiger partial charge in [-0.1, -0.05) is 43.1 Å². The van der Waals surface area contributed by atoms with E-state index in [-0.39, 0.29) is 5.41 Å². The van der Waals surface area contributed by atoms with Crippen molar-refractivity contribution in [3.05, 3.63) is 41.1 Å². The van der Waals surface area contributed by atoms with Crippen molar-refractivity contribution in [1.29, 1.82) is 0 Å². The second-order valence-electron chi connectivity index (χ2n) is 5.54. The molecule has 0 bridgehead atoms. The molecule has 1 aliphatic heterocycles. The van der Waals surface area contributed by atoms with Crippen LogP contribution in [0, 0.1) is 12.3 Å². The molecule has 0 N–H and O–H groups in total. The Hall–Kier alpha value is -1.00. The predicted octanol–water partition coefficient (Wildman–Crippen LogP) is 3.50. The third kappa shape index (κ3) is 2.79. The van der Waals surface area contributed by atoms with Gasteiger partial charge in [-0.2, -0.15) is 0 Å². The number of sulfonamides is 1. The number of hydrogen-bond acceptors (Lipinski definition) is 2. The van der Waals surface area contributed by atoms with Gasteiger partial charge in [-0.05, 0) is 25.5 Å². The molecule has 0 aromatic heterocycles. The number of nitrogens with zero attached hydrogens (tertiary/aromatic N) is 1. The van der Waals surface area contributed by atoms with Gasteiger partial charge in [0, 0.05) is 23.2 Å². The molecule has 0 unspecified atom stereocenters. The molecule has 1 aromatic rings. The molecule has 1 aliphatic rings. The Kier molecular flexibility index (Phi) is 3.67. The van der Waals surface area contributed by atoms with Crippen LogP contribution in [-0.4, -0.2) is 19.3 Å². The summed E-state index contributed by atoms with van der Waals surface area (Å²) in [5.74, 6) is 0. The van der Waals surface area contributed by atoms with E-state index in [0.29, 0.717) is 22.9 Å². The van der Waals surface area contributed by atoms with Gasteiger partial charge in [-0.3, -0.25) is 4.31 Å². The maximum Gasteiger partial charge on any atom is 0.263 e. The van der Waals surface area contributed by atoms with E-state index in [2.05, 4.69) is 0 Å². The molecule has 1 heterocycles. The Morgan fingerprint density at radius 3 is 2.32 bits per heavy atom. The second-order valence-corrected chi connectivity index (χ2v) is 7.84. The van der Waals surface area contributed by atoms with Gasteiger partial charge in [-0.25, -0.2) is 8.42 Å². The third-order valence-electron chi connectivity index (χ3n) is 3.49. The van der Waals surface area contributed by atoms with Crippen molar-refractivity contribution in [1.82, 2.24) is 4.31 Å². The number of allylic oxidation sites excluding steroid dienone is 1. The fraction of sp³-hybridized carbons (Fsp3) is 0.429. The molecule has 0 saturated carbocycles. The zero-order valence-electron chi connectivity index (χ0n) is 11.4. The van der Waals surface area contributed by atoms with Crippen molar-refractivity contribution in [3.8, 4) is 0 Å². The Labute approximate surface area is 119 Å². The zero-order chi connectivity index (χ0) is 14.3. The van der Waals surface area contributed by atoms with Gasteiger partial charge in [0.2, 0.25) is 0 Å². The summed E-state index contributed by atoms with van der Waals surface area (Å²) in [6.07, 6.45) is 2.26. The molecule has 0 aliphatic carbocycles. The van der Waals surface area contributed by atoms with E-state index in [4.69, 9.17) is 11.6 Å². The molecule has 0 saturated heterocycles. The lowest BCUT2D eigenvalue weighted by atomic mass is 9.87. The highest BCUT2D eigenvalue weighted by Crippen LogP contribution is 2.38. The van der Waals surface area contributed by atoms with Gasteiger partial charge in [-0.15, -0.1) is 0 Å². The summed E-state index contributed by atoms with van der Waals surface area (Å²) in [5.41, 5.74) is 0.883. The fourth-order valence-electron chi connectivity index (χ4n) is 1.91. The molecule has 19 heavy (non-hydrogen) atoms. The molecular weight excluding hydrogens is 282 g/mol. The number of hydrogen-bond donors (Lipinski definition) is 0. The van der Waals surface area contributed by atoms with Crippen molar-refractivity contribution < 1.29 is 8.42 Å². The van der Waals surface area contributed by atoms with Crippen LogP contribution >= 0.6 is 11.6 Å². The summed E-state index contributed by atoms with van der Waals surface area (Å²) in [6, 6.07) is 6.86. The summed E-state index contributed by atoms with van der Waals surface area (Å²) in [4.78, 5) is 0.304. The van der Waals surface area contributed by atoms with Gasteiger partial charge in [0.05, 0.1) is 4.90 Å². The van der Waals surface area contributed by atoms with E-state index in [0.717, 1.165) is 5.56 Å². The van der Waals surface area contributed by atoms with Crippen molar-refractivity contribution in [3.63, 3.8) is 0 Å². The summed E-state index contributed by atoms with van der Waals surface area (Å²) in [7, 11) is -3.49. The lowest BCUT2D eigenvalue weighted by Gasteiger charge is -2.34. The quantitative estimate of drug-likeness (QED) is 0.838. The first kappa shape index (κ1) is 14.4. The maximum atomic E-state index is 12.5. The van der Waals surface area contributed by atoms with E-state index in [9.17, 15) is 8.42 Å². The third-order valence-corrected chi connectivity index (χ3v) is 5.87. The number of aryl methyl sites for hydroxylation is 1. The van der Waals surface area contributed by atoms with E-state index in [1.54, 1.807) is 30.5 Å². The van der Waals surface area contributed by atoms with Gasteiger partial charge < -0.3 is 0 Å². The van der Waals surface area contributed by atoms with Crippen LogP contribution in [0.25, 0.3) is 0 Å². The Morgan fingerprint density at radius 2 is 1.79 bits per heavy atom. The van der Waals surface area contributed by atoms with Crippen molar-refractivity contribution in [2.45, 2.75) is 32.1 Å². The monoisotopic (exact) mass is 299 g/mol. The van der Waals surface area contributed by atoms with E-state index >= 15 is 0 Å². The average Bonchev–Trinajstić information content (AvgIpc) is 2.33. The largest absolute Gasteiger partial charge is 0.272 e.